The fourth-order valence-electron chi connectivity index (χ4n) is 2.06. The van der Waals surface area contributed by atoms with Crippen LogP contribution in [0.1, 0.15) is 26.7 Å². The Hall–Kier alpha value is -1.26. The predicted molar refractivity (Wildman–Crippen MR) is 84.6 cm³/mol. The van der Waals surface area contributed by atoms with E-state index in [4.69, 9.17) is 23.2 Å². The zero-order valence-electron chi connectivity index (χ0n) is 12.0. The normalized spacial score (nSPS) is 21.5. The lowest BCUT2D eigenvalue weighted by Crippen LogP contribution is -2.34. The molecule has 1 aromatic rings. The fourth-order valence-corrected chi connectivity index (χ4v) is 2.55. The van der Waals surface area contributed by atoms with Gasteiger partial charge in [0.15, 0.2) is 0 Å². The van der Waals surface area contributed by atoms with Gasteiger partial charge in [-0.15, -0.1) is 0 Å². The Kier molecular flexibility index (Phi) is 5.12. The highest BCUT2D eigenvalue weighted by molar-refractivity contribution is 6.39. The molecule has 1 aromatic carbocycles. The summed E-state index contributed by atoms with van der Waals surface area (Å²) in [7, 11) is 0. The number of para-hydroxylation sites is 1. The molecule has 1 saturated carbocycles. The van der Waals surface area contributed by atoms with E-state index < -0.39 is 0 Å². The van der Waals surface area contributed by atoms with Crippen molar-refractivity contribution in [3.05, 3.63) is 28.2 Å². The van der Waals surface area contributed by atoms with Crippen molar-refractivity contribution in [2.24, 2.45) is 11.8 Å². The number of hydrogen-bond acceptors (Lipinski definition) is 2. The molecule has 21 heavy (non-hydrogen) atoms. The molecule has 0 saturated heterocycles. The SMILES string of the molecule is CCC(C)NC(=O)C1CC1C(=O)Nc1c(Cl)cccc1Cl. The molecule has 6 heteroatoms. The second-order valence-corrected chi connectivity index (χ2v) is 6.17. The minimum Gasteiger partial charge on any atom is -0.353 e. The molecule has 4 nitrogen and oxygen atoms in total. The molecule has 0 heterocycles. The fraction of sp³-hybridized carbons (Fsp3) is 0.467. The van der Waals surface area contributed by atoms with E-state index in [1.165, 1.54) is 0 Å². The Balaban J connectivity index is 1.93. The lowest BCUT2D eigenvalue weighted by Gasteiger charge is -2.11. The second kappa shape index (κ2) is 6.67. The van der Waals surface area contributed by atoms with Crippen molar-refractivity contribution in [1.29, 1.82) is 0 Å². The van der Waals surface area contributed by atoms with Crippen LogP contribution in [0, 0.1) is 11.8 Å². The molecule has 0 radical (unpaired) electrons. The molecule has 1 fully saturated rings. The van der Waals surface area contributed by atoms with Crippen LogP contribution in [0.5, 0.6) is 0 Å². The van der Waals surface area contributed by atoms with Crippen molar-refractivity contribution in [3.63, 3.8) is 0 Å². The van der Waals surface area contributed by atoms with E-state index >= 15 is 0 Å². The highest BCUT2D eigenvalue weighted by atomic mass is 35.5. The molecule has 0 spiro atoms. The minimum absolute atomic E-state index is 0.0604. The summed E-state index contributed by atoms with van der Waals surface area (Å²) in [6, 6.07) is 5.14. The first-order chi connectivity index (χ1) is 9.93. The number of nitrogens with one attached hydrogen (secondary N) is 2. The molecule has 1 aliphatic rings. The van der Waals surface area contributed by atoms with Crippen LogP contribution in [0.2, 0.25) is 10.0 Å². The van der Waals surface area contributed by atoms with Crippen molar-refractivity contribution in [2.45, 2.75) is 32.7 Å². The summed E-state index contributed by atoms with van der Waals surface area (Å²) in [6.07, 6.45) is 1.43. The summed E-state index contributed by atoms with van der Waals surface area (Å²) < 4.78 is 0. The number of benzene rings is 1. The van der Waals surface area contributed by atoms with Crippen molar-refractivity contribution in [2.75, 3.05) is 5.32 Å². The molecular formula is C15H18Cl2N2O2. The zero-order chi connectivity index (χ0) is 15.6. The van der Waals surface area contributed by atoms with E-state index in [1.54, 1.807) is 18.2 Å². The van der Waals surface area contributed by atoms with Gasteiger partial charge in [0, 0.05) is 6.04 Å². The Morgan fingerprint density at radius 2 is 1.81 bits per heavy atom. The van der Waals surface area contributed by atoms with Gasteiger partial charge in [-0.25, -0.2) is 0 Å². The molecule has 2 N–H and O–H groups in total. The summed E-state index contributed by atoms with van der Waals surface area (Å²) in [5.74, 6) is -0.828. The van der Waals surface area contributed by atoms with E-state index in [0.717, 1.165) is 6.42 Å². The molecule has 1 aliphatic carbocycles. The molecule has 2 rings (SSSR count). The van der Waals surface area contributed by atoms with Crippen LogP contribution in [-0.4, -0.2) is 17.9 Å². The van der Waals surface area contributed by atoms with Crippen molar-refractivity contribution in [1.82, 2.24) is 5.32 Å². The third kappa shape index (κ3) is 3.89. The number of anilines is 1. The third-order valence-corrected chi connectivity index (χ3v) is 4.31. The first-order valence-electron chi connectivity index (χ1n) is 6.99. The first-order valence-corrected chi connectivity index (χ1v) is 7.74. The molecule has 0 aliphatic heterocycles. The second-order valence-electron chi connectivity index (χ2n) is 5.35. The van der Waals surface area contributed by atoms with Gasteiger partial charge >= 0.3 is 0 Å². The number of halogens is 2. The molecule has 0 bridgehead atoms. The lowest BCUT2D eigenvalue weighted by molar-refractivity contribution is -0.125. The lowest BCUT2D eigenvalue weighted by atomic mass is 10.2. The topological polar surface area (TPSA) is 58.2 Å². The van der Waals surface area contributed by atoms with Crippen LogP contribution < -0.4 is 10.6 Å². The average molecular weight is 329 g/mol. The smallest absolute Gasteiger partial charge is 0.228 e. The monoisotopic (exact) mass is 328 g/mol. The first kappa shape index (κ1) is 16.1. The largest absolute Gasteiger partial charge is 0.353 e. The van der Waals surface area contributed by atoms with Crippen LogP contribution in [0.3, 0.4) is 0 Å². The molecule has 3 unspecified atom stereocenters. The molecule has 2 amide bonds. The summed E-state index contributed by atoms with van der Waals surface area (Å²) >= 11 is 12.0. The van der Waals surface area contributed by atoms with E-state index in [0.29, 0.717) is 22.2 Å². The van der Waals surface area contributed by atoms with Gasteiger partial charge in [-0.3, -0.25) is 9.59 Å². The van der Waals surface area contributed by atoms with Gasteiger partial charge in [-0.1, -0.05) is 36.2 Å². The maximum atomic E-state index is 12.1. The van der Waals surface area contributed by atoms with Crippen LogP contribution >= 0.6 is 23.2 Å². The molecule has 114 valence electrons. The maximum absolute atomic E-state index is 12.1. The summed E-state index contributed by atoms with van der Waals surface area (Å²) in [5.41, 5.74) is 0.402. The van der Waals surface area contributed by atoms with E-state index in [9.17, 15) is 9.59 Å². The molecule has 3 atom stereocenters. The Bertz CT molecular complexity index is 542. The van der Waals surface area contributed by atoms with Gasteiger partial charge in [0.2, 0.25) is 11.8 Å². The third-order valence-electron chi connectivity index (χ3n) is 3.68. The van der Waals surface area contributed by atoms with Crippen molar-refractivity contribution in [3.8, 4) is 0 Å². The summed E-state index contributed by atoms with van der Waals surface area (Å²) in [5, 5.41) is 6.37. The van der Waals surface area contributed by atoms with Gasteiger partial charge < -0.3 is 10.6 Å². The van der Waals surface area contributed by atoms with E-state index in [1.807, 2.05) is 13.8 Å². The Labute approximate surface area is 134 Å². The highest BCUT2D eigenvalue weighted by Gasteiger charge is 2.48. The van der Waals surface area contributed by atoms with Crippen LogP contribution in [0.25, 0.3) is 0 Å². The standard InChI is InChI=1S/C15H18Cl2N2O2/c1-3-8(2)18-14(20)9-7-10(9)15(21)19-13-11(16)5-4-6-12(13)17/h4-6,8-10H,3,7H2,1-2H3,(H,18,20)(H,19,21). The highest BCUT2D eigenvalue weighted by Crippen LogP contribution is 2.40. The van der Waals surface area contributed by atoms with Gasteiger partial charge in [-0.05, 0) is 31.9 Å². The average Bonchev–Trinajstić information content (AvgIpc) is 3.23. The van der Waals surface area contributed by atoms with E-state index in [2.05, 4.69) is 10.6 Å². The number of carbonyl (C=O) groups is 2. The van der Waals surface area contributed by atoms with Gasteiger partial charge in [0.1, 0.15) is 0 Å². The maximum Gasteiger partial charge on any atom is 0.228 e. The van der Waals surface area contributed by atoms with Gasteiger partial charge in [-0.2, -0.15) is 0 Å². The van der Waals surface area contributed by atoms with Crippen molar-refractivity contribution >= 4 is 40.7 Å². The van der Waals surface area contributed by atoms with E-state index in [-0.39, 0.29) is 29.7 Å². The predicted octanol–water partition coefficient (Wildman–Crippen LogP) is 3.48. The summed E-state index contributed by atoms with van der Waals surface area (Å²) in [4.78, 5) is 24.1. The summed E-state index contributed by atoms with van der Waals surface area (Å²) in [6.45, 7) is 3.94. The van der Waals surface area contributed by atoms with Gasteiger partial charge in [0.25, 0.3) is 0 Å². The Morgan fingerprint density at radius 3 is 2.38 bits per heavy atom. The van der Waals surface area contributed by atoms with Crippen molar-refractivity contribution < 1.29 is 9.59 Å². The Morgan fingerprint density at radius 1 is 1.24 bits per heavy atom. The molecule has 0 aromatic heterocycles. The van der Waals surface area contributed by atoms with Crippen LogP contribution in [0.15, 0.2) is 18.2 Å². The quantitative estimate of drug-likeness (QED) is 0.869. The van der Waals surface area contributed by atoms with Crippen LogP contribution in [-0.2, 0) is 9.59 Å². The zero-order valence-corrected chi connectivity index (χ0v) is 13.5. The number of carbonyl (C=O) groups excluding carboxylic acids is 2. The number of hydrogen-bond donors (Lipinski definition) is 2. The minimum atomic E-state index is -0.304. The molecular weight excluding hydrogens is 311 g/mol. The van der Waals surface area contributed by atoms with Gasteiger partial charge in [0.05, 0.1) is 27.6 Å². The van der Waals surface area contributed by atoms with Crippen LogP contribution in [0.4, 0.5) is 5.69 Å². The number of rotatable bonds is 5. The number of amides is 2.